The zero-order valence-electron chi connectivity index (χ0n) is 16.7. The average molecular weight is 417 g/mol. The van der Waals surface area contributed by atoms with Gasteiger partial charge in [-0.3, -0.25) is 19.0 Å². The molecule has 1 saturated carbocycles. The molecule has 3 rings (SSSR count). The molecule has 0 spiro atoms. The van der Waals surface area contributed by atoms with Gasteiger partial charge in [-0.1, -0.05) is 30.3 Å². The van der Waals surface area contributed by atoms with E-state index in [2.05, 4.69) is 10.3 Å². The minimum Gasteiger partial charge on any atom is -0.370 e. The van der Waals surface area contributed by atoms with Crippen LogP contribution in [0.3, 0.4) is 0 Å². The fourth-order valence-electron chi connectivity index (χ4n) is 3.34. The number of thioether (sulfide) groups is 1. The number of hydrogen-bond donors (Lipinski definition) is 2. The summed E-state index contributed by atoms with van der Waals surface area (Å²) in [5, 5.41) is 4.16. The smallest absolute Gasteiger partial charge is 0.262 e. The first kappa shape index (κ1) is 21.4. The van der Waals surface area contributed by atoms with E-state index in [0.29, 0.717) is 41.4 Å². The molecule has 1 aliphatic carbocycles. The number of nitrogens with one attached hydrogen (secondary N) is 1. The van der Waals surface area contributed by atoms with Crippen molar-refractivity contribution in [1.82, 2.24) is 14.9 Å². The minimum atomic E-state index is -0.308. The van der Waals surface area contributed by atoms with E-state index >= 15 is 0 Å². The van der Waals surface area contributed by atoms with Crippen LogP contribution >= 0.6 is 11.8 Å². The first-order chi connectivity index (χ1) is 14.0. The van der Waals surface area contributed by atoms with Crippen molar-refractivity contribution >= 4 is 34.5 Å². The predicted molar refractivity (Wildman–Crippen MR) is 115 cm³/mol. The Balaban J connectivity index is 1.70. The predicted octanol–water partition coefficient (Wildman–Crippen LogP) is 2.45. The molecule has 1 unspecified atom stereocenters. The molecule has 0 bridgehead atoms. The van der Waals surface area contributed by atoms with Gasteiger partial charge in [0.05, 0.1) is 16.7 Å². The third kappa shape index (κ3) is 6.06. The number of nitrogens with zero attached hydrogens (tertiary/aromatic N) is 2. The number of carbonyl (C=O) groups is 2. The number of hydrogen-bond acceptors (Lipinski definition) is 5. The van der Waals surface area contributed by atoms with Crippen molar-refractivity contribution in [2.75, 3.05) is 5.75 Å². The molecule has 1 aliphatic rings. The number of para-hydroxylation sites is 1. The molecule has 7 nitrogen and oxygen atoms in total. The summed E-state index contributed by atoms with van der Waals surface area (Å²) >= 11 is 1.29. The lowest BCUT2D eigenvalue weighted by Gasteiger charge is -2.15. The molecule has 29 heavy (non-hydrogen) atoms. The van der Waals surface area contributed by atoms with Gasteiger partial charge < -0.3 is 11.1 Å². The van der Waals surface area contributed by atoms with Crippen molar-refractivity contribution in [2.45, 2.75) is 63.2 Å². The summed E-state index contributed by atoms with van der Waals surface area (Å²) in [5.41, 5.74) is 5.71. The van der Waals surface area contributed by atoms with Crippen LogP contribution in [0.4, 0.5) is 0 Å². The number of nitrogens with two attached hydrogens (primary N) is 1. The molecule has 1 aromatic carbocycles. The van der Waals surface area contributed by atoms with Crippen LogP contribution in [0.2, 0.25) is 0 Å². The summed E-state index contributed by atoms with van der Waals surface area (Å²) in [6, 6.07) is 7.45. The Morgan fingerprint density at radius 3 is 2.76 bits per heavy atom. The van der Waals surface area contributed by atoms with Crippen molar-refractivity contribution < 1.29 is 9.59 Å². The van der Waals surface area contributed by atoms with E-state index in [-0.39, 0.29) is 29.2 Å². The van der Waals surface area contributed by atoms with Gasteiger partial charge in [0.2, 0.25) is 11.8 Å². The summed E-state index contributed by atoms with van der Waals surface area (Å²) in [7, 11) is 0. The standard InChI is InChI=1S/C21H28N4O3S/c1-14(15-10-11-15)23-19(27)13-29-21-24-17-8-5-4-7-16(17)20(28)25(21)12-6-2-3-9-18(22)26/h4-5,7-8,14-15H,2-3,6,9-13H2,1H3,(H2,22,26)(H,23,27). The number of benzene rings is 1. The third-order valence-electron chi connectivity index (χ3n) is 5.18. The summed E-state index contributed by atoms with van der Waals surface area (Å²) in [6.07, 6.45) is 4.95. The van der Waals surface area contributed by atoms with Gasteiger partial charge in [-0.25, -0.2) is 4.98 Å². The van der Waals surface area contributed by atoms with Crippen LogP contribution < -0.4 is 16.6 Å². The molecule has 2 aromatic rings. The normalized spacial score (nSPS) is 14.7. The minimum absolute atomic E-state index is 0.0372. The van der Waals surface area contributed by atoms with Crippen LogP contribution in [-0.2, 0) is 16.1 Å². The third-order valence-corrected chi connectivity index (χ3v) is 6.16. The Labute approximate surface area is 174 Å². The number of carbonyl (C=O) groups excluding carboxylic acids is 2. The molecular formula is C21H28N4O3S. The second kappa shape index (κ2) is 9.91. The number of aromatic nitrogens is 2. The lowest BCUT2D eigenvalue weighted by Crippen LogP contribution is -2.35. The van der Waals surface area contributed by atoms with Gasteiger partial charge >= 0.3 is 0 Å². The lowest BCUT2D eigenvalue weighted by molar-refractivity contribution is -0.119. The Kier molecular flexibility index (Phi) is 7.30. The highest BCUT2D eigenvalue weighted by Gasteiger charge is 2.28. The molecule has 0 aliphatic heterocycles. The average Bonchev–Trinajstić information content (AvgIpc) is 3.53. The van der Waals surface area contributed by atoms with Crippen molar-refractivity contribution in [3.8, 4) is 0 Å². The molecule has 1 heterocycles. The number of unbranched alkanes of at least 4 members (excludes halogenated alkanes) is 2. The Bertz CT molecular complexity index is 939. The van der Waals surface area contributed by atoms with Crippen LogP contribution in [0.15, 0.2) is 34.2 Å². The highest BCUT2D eigenvalue weighted by atomic mass is 32.2. The van der Waals surface area contributed by atoms with E-state index in [1.165, 1.54) is 24.6 Å². The molecule has 0 radical (unpaired) electrons. The first-order valence-corrected chi connectivity index (χ1v) is 11.1. The Morgan fingerprint density at radius 2 is 2.03 bits per heavy atom. The van der Waals surface area contributed by atoms with Crippen LogP contribution in [0, 0.1) is 5.92 Å². The quantitative estimate of drug-likeness (QED) is 0.332. The Morgan fingerprint density at radius 1 is 1.28 bits per heavy atom. The van der Waals surface area contributed by atoms with Gasteiger partial charge in [0, 0.05) is 19.0 Å². The maximum atomic E-state index is 13.0. The van der Waals surface area contributed by atoms with E-state index < -0.39 is 0 Å². The zero-order chi connectivity index (χ0) is 20.8. The van der Waals surface area contributed by atoms with Gasteiger partial charge in [0.1, 0.15) is 0 Å². The molecule has 1 fully saturated rings. The molecule has 1 aromatic heterocycles. The van der Waals surface area contributed by atoms with Crippen molar-refractivity contribution in [3.05, 3.63) is 34.6 Å². The molecule has 0 saturated heterocycles. The first-order valence-electron chi connectivity index (χ1n) is 10.2. The summed E-state index contributed by atoms with van der Waals surface area (Å²) < 4.78 is 1.65. The van der Waals surface area contributed by atoms with Gasteiger partial charge in [0.25, 0.3) is 5.56 Å². The van der Waals surface area contributed by atoms with E-state index in [4.69, 9.17) is 5.73 Å². The fraction of sp³-hybridized carbons (Fsp3) is 0.524. The van der Waals surface area contributed by atoms with Gasteiger partial charge in [-0.2, -0.15) is 0 Å². The van der Waals surface area contributed by atoms with Gasteiger partial charge in [-0.05, 0) is 50.7 Å². The van der Waals surface area contributed by atoms with Crippen molar-refractivity contribution in [3.63, 3.8) is 0 Å². The SMILES string of the molecule is CC(NC(=O)CSc1nc2ccccc2c(=O)n1CCCCCC(N)=O)C1CC1. The number of primary amides is 1. The maximum Gasteiger partial charge on any atom is 0.262 e. The van der Waals surface area contributed by atoms with E-state index in [1.54, 1.807) is 10.6 Å². The van der Waals surface area contributed by atoms with E-state index in [1.807, 2.05) is 25.1 Å². The molecule has 8 heteroatoms. The lowest BCUT2D eigenvalue weighted by atomic mass is 10.2. The number of amides is 2. The monoisotopic (exact) mass is 416 g/mol. The van der Waals surface area contributed by atoms with Crippen LogP contribution in [0.5, 0.6) is 0 Å². The highest BCUT2D eigenvalue weighted by molar-refractivity contribution is 7.99. The van der Waals surface area contributed by atoms with Crippen LogP contribution in [0.1, 0.15) is 45.4 Å². The van der Waals surface area contributed by atoms with Crippen molar-refractivity contribution in [2.24, 2.45) is 11.7 Å². The Hall–Kier alpha value is -2.35. The molecule has 2 amide bonds. The number of fused-ring (bicyclic) bond motifs is 1. The second-order valence-corrected chi connectivity index (χ2v) is 8.57. The summed E-state index contributed by atoms with van der Waals surface area (Å²) in [4.78, 5) is 40.8. The maximum absolute atomic E-state index is 13.0. The number of rotatable bonds is 11. The summed E-state index contributed by atoms with van der Waals surface area (Å²) in [5.74, 6) is 0.479. The van der Waals surface area contributed by atoms with Gasteiger partial charge in [0.15, 0.2) is 5.16 Å². The zero-order valence-corrected chi connectivity index (χ0v) is 17.5. The second-order valence-electron chi connectivity index (χ2n) is 7.63. The summed E-state index contributed by atoms with van der Waals surface area (Å²) in [6.45, 7) is 2.54. The topological polar surface area (TPSA) is 107 Å². The molecule has 3 N–H and O–H groups in total. The van der Waals surface area contributed by atoms with Crippen LogP contribution in [0.25, 0.3) is 10.9 Å². The van der Waals surface area contributed by atoms with Crippen LogP contribution in [-0.4, -0.2) is 33.2 Å². The van der Waals surface area contributed by atoms with E-state index in [0.717, 1.165) is 12.8 Å². The fourth-order valence-corrected chi connectivity index (χ4v) is 4.18. The van der Waals surface area contributed by atoms with Crippen molar-refractivity contribution in [1.29, 1.82) is 0 Å². The molecular weight excluding hydrogens is 388 g/mol. The highest BCUT2D eigenvalue weighted by Crippen LogP contribution is 2.32. The van der Waals surface area contributed by atoms with Gasteiger partial charge in [-0.15, -0.1) is 0 Å². The molecule has 156 valence electrons. The molecule has 1 atom stereocenters. The van der Waals surface area contributed by atoms with E-state index in [9.17, 15) is 14.4 Å². The largest absolute Gasteiger partial charge is 0.370 e.